The van der Waals surface area contributed by atoms with Crippen LogP contribution in [0.1, 0.15) is 51.1 Å². The summed E-state index contributed by atoms with van der Waals surface area (Å²) in [5.41, 5.74) is 1.12. The van der Waals surface area contributed by atoms with E-state index in [-0.39, 0.29) is 23.8 Å². The zero-order chi connectivity index (χ0) is 15.9. The molecular formula is C18H26N2O2. The van der Waals surface area contributed by atoms with Gasteiger partial charge in [0.25, 0.3) is 0 Å². The lowest BCUT2D eigenvalue weighted by Crippen LogP contribution is -2.43. The molecule has 0 spiro atoms. The highest BCUT2D eigenvalue weighted by atomic mass is 16.2. The number of amides is 2. The van der Waals surface area contributed by atoms with E-state index in [4.69, 9.17) is 0 Å². The molecule has 1 aliphatic rings. The molecule has 0 saturated carbocycles. The predicted octanol–water partition coefficient (Wildman–Crippen LogP) is 2.90. The number of nitrogens with zero attached hydrogens (tertiary/aromatic N) is 1. The fourth-order valence-electron chi connectivity index (χ4n) is 2.92. The second kappa shape index (κ2) is 7.97. The van der Waals surface area contributed by atoms with E-state index >= 15 is 0 Å². The van der Waals surface area contributed by atoms with Gasteiger partial charge in [0.05, 0.1) is 6.04 Å². The monoisotopic (exact) mass is 302 g/mol. The van der Waals surface area contributed by atoms with E-state index < -0.39 is 0 Å². The van der Waals surface area contributed by atoms with Crippen molar-refractivity contribution in [3.8, 4) is 0 Å². The van der Waals surface area contributed by atoms with Crippen LogP contribution in [0.15, 0.2) is 30.3 Å². The van der Waals surface area contributed by atoms with Gasteiger partial charge in [0.1, 0.15) is 0 Å². The van der Waals surface area contributed by atoms with Crippen molar-refractivity contribution in [3.05, 3.63) is 35.9 Å². The van der Waals surface area contributed by atoms with Crippen molar-refractivity contribution in [3.63, 3.8) is 0 Å². The molecule has 1 aromatic carbocycles. The number of rotatable bonds is 5. The average molecular weight is 302 g/mol. The van der Waals surface area contributed by atoms with Crippen LogP contribution in [0.4, 0.5) is 0 Å². The number of hydrogen-bond donors (Lipinski definition) is 1. The van der Waals surface area contributed by atoms with Crippen LogP contribution in [-0.4, -0.2) is 29.8 Å². The summed E-state index contributed by atoms with van der Waals surface area (Å²) in [5, 5.41) is 3.09. The average Bonchev–Trinajstić information content (AvgIpc) is 2.56. The van der Waals surface area contributed by atoms with E-state index in [1.54, 1.807) is 0 Å². The van der Waals surface area contributed by atoms with Crippen molar-refractivity contribution < 1.29 is 9.59 Å². The third-order valence-electron chi connectivity index (χ3n) is 4.34. The van der Waals surface area contributed by atoms with Crippen LogP contribution in [0, 0.1) is 5.92 Å². The molecule has 1 unspecified atom stereocenters. The van der Waals surface area contributed by atoms with Crippen LogP contribution in [0.2, 0.25) is 0 Å². The summed E-state index contributed by atoms with van der Waals surface area (Å²) < 4.78 is 0. The van der Waals surface area contributed by atoms with Crippen LogP contribution in [0.25, 0.3) is 0 Å². The number of hydrogen-bond acceptors (Lipinski definition) is 2. The Kier molecular flexibility index (Phi) is 5.99. The van der Waals surface area contributed by atoms with E-state index in [2.05, 4.69) is 5.32 Å². The van der Waals surface area contributed by atoms with Crippen molar-refractivity contribution in [2.24, 2.45) is 5.92 Å². The molecule has 1 saturated heterocycles. The molecular weight excluding hydrogens is 276 g/mol. The second-order valence-corrected chi connectivity index (χ2v) is 6.05. The van der Waals surface area contributed by atoms with Crippen molar-refractivity contribution in [1.29, 1.82) is 0 Å². The van der Waals surface area contributed by atoms with Crippen molar-refractivity contribution >= 4 is 11.8 Å². The fourth-order valence-corrected chi connectivity index (χ4v) is 2.92. The van der Waals surface area contributed by atoms with Gasteiger partial charge in [0.2, 0.25) is 11.8 Å². The lowest BCUT2D eigenvalue weighted by Gasteiger charge is -2.32. The SMILES string of the molecule is CCCC(=O)N1CCC(C(=O)NC(C)c2ccccc2)CC1. The first-order valence-electron chi connectivity index (χ1n) is 8.25. The highest BCUT2D eigenvalue weighted by Crippen LogP contribution is 2.20. The minimum absolute atomic E-state index is 0.0217. The first kappa shape index (κ1) is 16.5. The summed E-state index contributed by atoms with van der Waals surface area (Å²) in [7, 11) is 0. The Morgan fingerprint density at radius 3 is 2.45 bits per heavy atom. The highest BCUT2D eigenvalue weighted by molar-refractivity contribution is 5.80. The van der Waals surface area contributed by atoms with Gasteiger partial charge in [0, 0.05) is 25.4 Å². The Hall–Kier alpha value is -1.84. The molecule has 1 aliphatic heterocycles. The Labute approximate surface area is 132 Å². The van der Waals surface area contributed by atoms with Crippen LogP contribution in [0.5, 0.6) is 0 Å². The zero-order valence-corrected chi connectivity index (χ0v) is 13.5. The molecule has 2 rings (SSSR count). The maximum absolute atomic E-state index is 12.4. The molecule has 4 heteroatoms. The van der Waals surface area contributed by atoms with E-state index in [0.29, 0.717) is 19.5 Å². The minimum Gasteiger partial charge on any atom is -0.349 e. The summed E-state index contributed by atoms with van der Waals surface area (Å²) in [6.07, 6.45) is 3.03. The predicted molar refractivity (Wildman–Crippen MR) is 87.2 cm³/mol. The quantitative estimate of drug-likeness (QED) is 0.909. The van der Waals surface area contributed by atoms with E-state index in [1.807, 2.05) is 49.1 Å². The van der Waals surface area contributed by atoms with Gasteiger partial charge in [0.15, 0.2) is 0 Å². The molecule has 1 heterocycles. The largest absolute Gasteiger partial charge is 0.349 e. The van der Waals surface area contributed by atoms with Crippen LogP contribution in [0.3, 0.4) is 0 Å². The smallest absolute Gasteiger partial charge is 0.223 e. The molecule has 1 atom stereocenters. The lowest BCUT2D eigenvalue weighted by atomic mass is 9.95. The third kappa shape index (κ3) is 4.33. The van der Waals surface area contributed by atoms with Gasteiger partial charge in [-0.25, -0.2) is 0 Å². The standard InChI is InChI=1S/C18H26N2O2/c1-3-7-17(21)20-12-10-16(11-13-20)18(22)19-14(2)15-8-5-4-6-9-15/h4-6,8-9,14,16H,3,7,10-13H2,1-2H3,(H,19,22). The molecule has 1 N–H and O–H groups in total. The van der Waals surface area contributed by atoms with Gasteiger partial charge in [-0.05, 0) is 31.7 Å². The van der Waals surface area contributed by atoms with Gasteiger partial charge in [-0.15, -0.1) is 0 Å². The molecule has 120 valence electrons. The normalized spacial score (nSPS) is 17.1. The summed E-state index contributed by atoms with van der Waals surface area (Å²) in [6.45, 7) is 5.43. The van der Waals surface area contributed by atoms with E-state index in [0.717, 1.165) is 24.8 Å². The summed E-state index contributed by atoms with van der Waals surface area (Å²) in [6, 6.07) is 10.0. The topological polar surface area (TPSA) is 49.4 Å². The summed E-state index contributed by atoms with van der Waals surface area (Å²) in [5.74, 6) is 0.356. The van der Waals surface area contributed by atoms with Crippen LogP contribution in [-0.2, 0) is 9.59 Å². The molecule has 0 aliphatic carbocycles. The number of carbonyl (C=O) groups excluding carboxylic acids is 2. The maximum Gasteiger partial charge on any atom is 0.223 e. The number of likely N-dealkylation sites (tertiary alicyclic amines) is 1. The second-order valence-electron chi connectivity index (χ2n) is 6.05. The summed E-state index contributed by atoms with van der Waals surface area (Å²) in [4.78, 5) is 26.1. The number of benzene rings is 1. The number of piperidine rings is 1. The number of carbonyl (C=O) groups is 2. The molecule has 4 nitrogen and oxygen atoms in total. The fraction of sp³-hybridized carbons (Fsp3) is 0.556. The van der Waals surface area contributed by atoms with Gasteiger partial charge in [-0.2, -0.15) is 0 Å². The van der Waals surface area contributed by atoms with Crippen molar-refractivity contribution in [2.75, 3.05) is 13.1 Å². The molecule has 0 bridgehead atoms. The number of nitrogens with one attached hydrogen (secondary N) is 1. The Morgan fingerprint density at radius 2 is 1.86 bits per heavy atom. The molecule has 22 heavy (non-hydrogen) atoms. The molecule has 1 aromatic rings. The maximum atomic E-state index is 12.4. The molecule has 1 fully saturated rings. The van der Waals surface area contributed by atoms with E-state index in [1.165, 1.54) is 0 Å². The van der Waals surface area contributed by atoms with Crippen molar-refractivity contribution in [1.82, 2.24) is 10.2 Å². The Bertz CT molecular complexity index is 493. The van der Waals surface area contributed by atoms with E-state index in [9.17, 15) is 9.59 Å². The van der Waals surface area contributed by atoms with Crippen LogP contribution >= 0.6 is 0 Å². The lowest BCUT2D eigenvalue weighted by molar-refractivity contribution is -0.135. The minimum atomic E-state index is 0.0217. The third-order valence-corrected chi connectivity index (χ3v) is 4.34. The molecule has 2 amide bonds. The molecule has 0 radical (unpaired) electrons. The first-order valence-corrected chi connectivity index (χ1v) is 8.25. The zero-order valence-electron chi connectivity index (χ0n) is 13.5. The summed E-state index contributed by atoms with van der Waals surface area (Å²) >= 11 is 0. The van der Waals surface area contributed by atoms with Gasteiger partial charge >= 0.3 is 0 Å². The van der Waals surface area contributed by atoms with Crippen molar-refractivity contribution in [2.45, 2.75) is 45.6 Å². The van der Waals surface area contributed by atoms with Gasteiger partial charge in [-0.3, -0.25) is 9.59 Å². The first-order chi connectivity index (χ1) is 10.6. The Balaban J connectivity index is 1.81. The highest BCUT2D eigenvalue weighted by Gasteiger charge is 2.27. The molecule has 0 aromatic heterocycles. The van der Waals surface area contributed by atoms with Gasteiger partial charge in [-0.1, -0.05) is 37.3 Å². The Morgan fingerprint density at radius 1 is 1.23 bits per heavy atom. The van der Waals surface area contributed by atoms with Gasteiger partial charge < -0.3 is 10.2 Å². The van der Waals surface area contributed by atoms with Crippen LogP contribution < -0.4 is 5.32 Å².